The largest absolute Gasteiger partial charge is 0.505 e. The van der Waals surface area contributed by atoms with Gasteiger partial charge < -0.3 is 19.8 Å². The molecule has 0 aliphatic rings. The van der Waals surface area contributed by atoms with Crippen LogP contribution in [0.15, 0.2) is 35.5 Å². The van der Waals surface area contributed by atoms with Crippen LogP contribution < -0.4 is 0 Å². The van der Waals surface area contributed by atoms with Gasteiger partial charge in [-0.1, -0.05) is 26.0 Å². The minimum absolute atomic E-state index is 0. The lowest BCUT2D eigenvalue weighted by molar-refractivity contribution is 0.0467. The molecule has 8 heteroatoms. The molecule has 0 radical (unpaired) electrons. The zero-order valence-corrected chi connectivity index (χ0v) is 17.8. The van der Waals surface area contributed by atoms with E-state index in [4.69, 9.17) is 4.74 Å². The minimum Gasteiger partial charge on any atom is -0.505 e. The molecule has 2 N–H and O–H groups in total. The van der Waals surface area contributed by atoms with E-state index in [-0.39, 0.29) is 24.8 Å². The van der Waals surface area contributed by atoms with Gasteiger partial charge in [0.25, 0.3) is 0 Å². The summed E-state index contributed by atoms with van der Waals surface area (Å²) < 4.78 is 5.39. The molecule has 0 aliphatic carbocycles. The third kappa shape index (κ3) is 6.52. The Hall–Kier alpha value is -2.48. The normalized spacial score (nSPS) is 10.9. The number of esters is 1. The number of halogens is 1. The topological polar surface area (TPSA) is 95.2 Å². The Morgan fingerprint density at radius 1 is 1.28 bits per heavy atom. The standard InChI is InChI=1S/C21H27N3O4.ClH/c1-4-24(5-2)10-11-28-21(27)17-8-6-7-9-19(17)23-13-18-16(14-25)12-22-15(3)20(18)26;/h6-9,12-13,25-26H,4-5,10-11,14H2,1-3H3;1H. The van der Waals surface area contributed by atoms with Crippen LogP contribution in [0.25, 0.3) is 0 Å². The molecule has 0 aliphatic heterocycles. The average Bonchev–Trinajstić information content (AvgIpc) is 2.72. The van der Waals surface area contributed by atoms with Crippen molar-refractivity contribution < 1.29 is 19.7 Å². The molecule has 7 nitrogen and oxygen atoms in total. The first-order valence-corrected chi connectivity index (χ1v) is 9.32. The molecule has 0 amide bonds. The van der Waals surface area contributed by atoms with Crippen LogP contribution in [0.3, 0.4) is 0 Å². The summed E-state index contributed by atoms with van der Waals surface area (Å²) in [6, 6.07) is 6.86. The zero-order valence-electron chi connectivity index (χ0n) is 17.0. The molecule has 1 heterocycles. The monoisotopic (exact) mass is 421 g/mol. The second kappa shape index (κ2) is 12.2. The van der Waals surface area contributed by atoms with Gasteiger partial charge in [0, 0.05) is 30.1 Å². The lowest BCUT2D eigenvalue weighted by Crippen LogP contribution is -2.27. The van der Waals surface area contributed by atoms with Gasteiger partial charge in [-0.2, -0.15) is 0 Å². The summed E-state index contributed by atoms with van der Waals surface area (Å²) in [5.41, 5.74) is 2.02. The Labute approximate surface area is 177 Å². The van der Waals surface area contributed by atoms with Gasteiger partial charge in [-0.3, -0.25) is 9.98 Å². The van der Waals surface area contributed by atoms with Crippen molar-refractivity contribution in [1.29, 1.82) is 0 Å². The van der Waals surface area contributed by atoms with Gasteiger partial charge in [0.2, 0.25) is 0 Å². The fraction of sp³-hybridized carbons (Fsp3) is 0.381. The second-order valence-electron chi connectivity index (χ2n) is 6.23. The first kappa shape index (κ1) is 24.6. The first-order valence-electron chi connectivity index (χ1n) is 9.32. The molecule has 0 bridgehead atoms. The third-order valence-electron chi connectivity index (χ3n) is 4.52. The number of aromatic hydroxyl groups is 1. The molecule has 2 rings (SSSR count). The summed E-state index contributed by atoms with van der Waals surface area (Å²) in [5, 5.41) is 19.7. The SMILES string of the molecule is CCN(CC)CCOC(=O)c1ccccc1N=Cc1c(CO)cnc(C)c1O.Cl. The highest BCUT2D eigenvalue weighted by Gasteiger charge is 2.14. The van der Waals surface area contributed by atoms with E-state index in [9.17, 15) is 15.0 Å². The quantitative estimate of drug-likeness (QED) is 0.476. The number of aliphatic hydroxyl groups is 1. The highest BCUT2D eigenvalue weighted by molar-refractivity contribution is 5.97. The molecule has 0 atom stereocenters. The van der Waals surface area contributed by atoms with E-state index in [2.05, 4.69) is 28.7 Å². The molecule has 0 unspecified atom stereocenters. The van der Waals surface area contributed by atoms with Crippen molar-refractivity contribution in [2.45, 2.75) is 27.4 Å². The van der Waals surface area contributed by atoms with Gasteiger partial charge in [0.05, 0.1) is 23.6 Å². The Bertz CT molecular complexity index is 839. The molecule has 2 aromatic rings. The van der Waals surface area contributed by atoms with Crippen LogP contribution in [0.5, 0.6) is 5.75 Å². The lowest BCUT2D eigenvalue weighted by atomic mass is 10.1. The highest BCUT2D eigenvalue weighted by Crippen LogP contribution is 2.24. The van der Waals surface area contributed by atoms with Crippen LogP contribution in [-0.2, 0) is 11.3 Å². The number of para-hydroxylation sites is 1. The number of hydrogen-bond acceptors (Lipinski definition) is 7. The average molecular weight is 422 g/mol. The summed E-state index contributed by atoms with van der Waals surface area (Å²) in [6.07, 6.45) is 2.92. The Balaban J connectivity index is 0.00000420. The molecular weight excluding hydrogens is 394 g/mol. The zero-order chi connectivity index (χ0) is 20.5. The predicted molar refractivity (Wildman–Crippen MR) is 116 cm³/mol. The van der Waals surface area contributed by atoms with Gasteiger partial charge in [-0.15, -0.1) is 12.4 Å². The van der Waals surface area contributed by atoms with Crippen LogP contribution in [0.2, 0.25) is 0 Å². The minimum atomic E-state index is -0.447. The van der Waals surface area contributed by atoms with E-state index >= 15 is 0 Å². The summed E-state index contributed by atoms with van der Waals surface area (Å²) >= 11 is 0. The fourth-order valence-electron chi connectivity index (χ4n) is 2.70. The van der Waals surface area contributed by atoms with Crippen molar-refractivity contribution in [1.82, 2.24) is 9.88 Å². The Morgan fingerprint density at radius 3 is 2.62 bits per heavy atom. The Kier molecular flexibility index (Phi) is 10.3. The molecule has 0 saturated carbocycles. The summed E-state index contributed by atoms with van der Waals surface area (Å²) in [5.74, 6) is -0.494. The molecule has 1 aromatic heterocycles. The van der Waals surface area contributed by atoms with Crippen molar-refractivity contribution in [3.63, 3.8) is 0 Å². The van der Waals surface area contributed by atoms with Gasteiger partial charge >= 0.3 is 5.97 Å². The van der Waals surface area contributed by atoms with E-state index in [1.165, 1.54) is 12.4 Å². The molecule has 29 heavy (non-hydrogen) atoms. The van der Waals surface area contributed by atoms with Crippen LogP contribution in [-0.4, -0.2) is 58.5 Å². The maximum atomic E-state index is 12.5. The van der Waals surface area contributed by atoms with Crippen LogP contribution in [0, 0.1) is 6.92 Å². The number of aliphatic imine (C=N–C) groups is 1. The van der Waals surface area contributed by atoms with E-state index in [0.717, 1.165) is 13.1 Å². The summed E-state index contributed by atoms with van der Waals surface area (Å²) in [7, 11) is 0. The van der Waals surface area contributed by atoms with Crippen LogP contribution in [0.4, 0.5) is 5.69 Å². The number of benzene rings is 1. The Morgan fingerprint density at radius 2 is 1.97 bits per heavy atom. The number of rotatable bonds is 9. The van der Waals surface area contributed by atoms with E-state index in [1.807, 2.05) is 0 Å². The van der Waals surface area contributed by atoms with Crippen molar-refractivity contribution in [3.05, 3.63) is 52.8 Å². The number of likely N-dealkylation sites (N-methyl/N-ethyl adjacent to an activating group) is 1. The van der Waals surface area contributed by atoms with Gasteiger partial charge in [-0.25, -0.2) is 4.79 Å². The van der Waals surface area contributed by atoms with E-state index < -0.39 is 5.97 Å². The number of carbonyl (C=O) groups excluding carboxylic acids is 1. The summed E-state index contributed by atoms with van der Waals surface area (Å²) in [6.45, 7) is 8.28. The van der Waals surface area contributed by atoms with Gasteiger partial charge in [-0.05, 0) is 32.1 Å². The van der Waals surface area contributed by atoms with E-state index in [1.54, 1.807) is 31.2 Å². The number of ether oxygens (including phenoxy) is 1. The maximum Gasteiger partial charge on any atom is 0.340 e. The molecule has 0 spiro atoms. The smallest absolute Gasteiger partial charge is 0.340 e. The number of aromatic nitrogens is 1. The van der Waals surface area contributed by atoms with Crippen molar-refractivity contribution in [2.24, 2.45) is 4.99 Å². The fourth-order valence-corrected chi connectivity index (χ4v) is 2.70. The number of carbonyl (C=O) groups is 1. The lowest BCUT2D eigenvalue weighted by Gasteiger charge is -2.17. The highest BCUT2D eigenvalue weighted by atomic mass is 35.5. The van der Waals surface area contributed by atoms with E-state index in [0.29, 0.717) is 41.2 Å². The number of aryl methyl sites for hydroxylation is 1. The maximum absolute atomic E-state index is 12.5. The number of nitrogens with zero attached hydrogens (tertiary/aromatic N) is 3. The molecule has 0 fully saturated rings. The second-order valence-corrected chi connectivity index (χ2v) is 6.23. The van der Waals surface area contributed by atoms with Crippen molar-refractivity contribution in [2.75, 3.05) is 26.2 Å². The van der Waals surface area contributed by atoms with Crippen molar-refractivity contribution in [3.8, 4) is 5.75 Å². The van der Waals surface area contributed by atoms with Gasteiger partial charge in [0.15, 0.2) is 0 Å². The molecule has 1 aromatic carbocycles. The number of hydrogen-bond donors (Lipinski definition) is 2. The molecule has 0 saturated heterocycles. The third-order valence-corrected chi connectivity index (χ3v) is 4.52. The van der Waals surface area contributed by atoms with Crippen molar-refractivity contribution >= 4 is 30.3 Å². The molecular formula is C21H28ClN3O4. The van der Waals surface area contributed by atoms with Crippen LogP contribution >= 0.6 is 12.4 Å². The van der Waals surface area contributed by atoms with Gasteiger partial charge in [0.1, 0.15) is 12.4 Å². The summed E-state index contributed by atoms with van der Waals surface area (Å²) in [4.78, 5) is 23.0. The first-order chi connectivity index (χ1) is 13.5. The molecule has 158 valence electrons. The number of pyridine rings is 1. The number of aliphatic hydroxyl groups excluding tert-OH is 1. The predicted octanol–water partition coefficient (Wildman–Crippen LogP) is 3.26. The van der Waals surface area contributed by atoms with Crippen LogP contribution in [0.1, 0.15) is 41.0 Å².